The number of carboxylic acids is 2. The van der Waals surface area contributed by atoms with E-state index in [0.29, 0.717) is 30.2 Å². The number of pyridine rings is 1. The molecule has 2 fully saturated rings. The van der Waals surface area contributed by atoms with Crippen LogP contribution in [-0.4, -0.2) is 106 Å². The Balaban J connectivity index is 1.58. The maximum Gasteiger partial charge on any atom is 0.409 e. The van der Waals surface area contributed by atoms with Gasteiger partial charge in [0.1, 0.15) is 17.5 Å². The molecule has 2 aliphatic rings. The Kier molecular flexibility index (Phi) is 9.76. The van der Waals surface area contributed by atoms with Gasteiger partial charge in [-0.25, -0.2) is 14.6 Å². The number of nitrogens with zero attached hydrogens (tertiary/aromatic N) is 3. The number of fused-ring (bicyclic) bond motifs is 1. The van der Waals surface area contributed by atoms with Crippen molar-refractivity contribution in [2.75, 3.05) is 39.0 Å². The molecule has 1 aromatic carbocycles. The predicted molar refractivity (Wildman–Crippen MR) is 152 cm³/mol. The largest absolute Gasteiger partial charge is 0.481 e. The molecule has 1 aliphatic heterocycles. The average molecular weight is 603 g/mol. The van der Waals surface area contributed by atoms with Gasteiger partial charge in [-0.05, 0) is 57.1 Å². The van der Waals surface area contributed by atoms with E-state index in [4.69, 9.17) is 9.47 Å². The summed E-state index contributed by atoms with van der Waals surface area (Å²) in [6, 6.07) is 5.53. The molecule has 3 amide bonds. The van der Waals surface area contributed by atoms with Crippen LogP contribution in [0.3, 0.4) is 0 Å². The first-order valence-corrected chi connectivity index (χ1v) is 14.9. The molecule has 13 nitrogen and oxygen atoms in total. The zero-order valence-corrected chi connectivity index (χ0v) is 24.3. The van der Waals surface area contributed by atoms with Crippen molar-refractivity contribution in [3.63, 3.8) is 0 Å². The molecule has 1 saturated carbocycles. The highest BCUT2D eigenvalue weighted by atomic mass is 32.2. The second-order valence-corrected chi connectivity index (χ2v) is 11.0. The quantitative estimate of drug-likeness (QED) is 0.322. The molecule has 1 unspecified atom stereocenters. The monoisotopic (exact) mass is 602 g/mol. The van der Waals surface area contributed by atoms with E-state index in [9.17, 15) is 34.2 Å². The van der Waals surface area contributed by atoms with Crippen LogP contribution in [0.5, 0.6) is 5.75 Å². The van der Waals surface area contributed by atoms with Crippen LogP contribution >= 0.6 is 11.8 Å². The van der Waals surface area contributed by atoms with Gasteiger partial charge in [-0.1, -0.05) is 0 Å². The number of amides is 3. The molecule has 1 aliphatic carbocycles. The maximum atomic E-state index is 13.5. The second kappa shape index (κ2) is 13.3. The molecule has 1 atom stereocenters. The zero-order valence-electron chi connectivity index (χ0n) is 23.5. The normalized spacial score (nSPS) is 16.7. The lowest BCUT2D eigenvalue weighted by Gasteiger charge is -2.38. The van der Waals surface area contributed by atoms with Crippen LogP contribution in [-0.2, 0) is 19.1 Å². The number of thioether (sulfide) groups is 1. The topological polar surface area (TPSA) is 176 Å². The summed E-state index contributed by atoms with van der Waals surface area (Å²) in [5.41, 5.74) is -1.10. The van der Waals surface area contributed by atoms with Crippen molar-refractivity contribution in [3.8, 4) is 5.75 Å². The maximum absolute atomic E-state index is 13.5. The zero-order chi connectivity index (χ0) is 30.4. The lowest BCUT2D eigenvalue weighted by Crippen LogP contribution is -2.56. The van der Waals surface area contributed by atoms with Crippen LogP contribution in [0, 0.1) is 0 Å². The minimum atomic E-state index is -1.40. The lowest BCUT2D eigenvalue weighted by atomic mass is 9.80. The van der Waals surface area contributed by atoms with E-state index < -0.39 is 41.5 Å². The van der Waals surface area contributed by atoms with Crippen molar-refractivity contribution in [1.82, 2.24) is 20.1 Å². The number of carbonyl (C=O) groups excluding carboxylic acids is 3. The summed E-state index contributed by atoms with van der Waals surface area (Å²) in [6.07, 6.45) is 2.24. The number of carboxylic acid groups (broad SMARTS) is 2. The average Bonchev–Trinajstić information content (AvgIpc) is 2.96. The predicted octanol–water partition coefficient (Wildman–Crippen LogP) is 2.61. The van der Waals surface area contributed by atoms with Gasteiger partial charge in [0.15, 0.2) is 0 Å². The third kappa shape index (κ3) is 6.86. The number of benzene rings is 1. The van der Waals surface area contributed by atoms with E-state index >= 15 is 0 Å². The number of aromatic nitrogens is 1. The Bertz CT molecular complexity index is 1370. The van der Waals surface area contributed by atoms with Gasteiger partial charge in [0.25, 0.3) is 5.91 Å². The van der Waals surface area contributed by atoms with Crippen LogP contribution in [0.4, 0.5) is 4.79 Å². The molecule has 1 aromatic heterocycles. The molecular formula is C28H34N4O9S. The molecule has 0 radical (unpaired) electrons. The van der Waals surface area contributed by atoms with Crippen molar-refractivity contribution in [2.45, 2.75) is 55.6 Å². The van der Waals surface area contributed by atoms with E-state index in [1.807, 2.05) is 18.4 Å². The Morgan fingerprint density at radius 3 is 2.33 bits per heavy atom. The Morgan fingerprint density at radius 2 is 1.76 bits per heavy atom. The summed E-state index contributed by atoms with van der Waals surface area (Å²) in [6.45, 7) is 2.79. The molecule has 4 rings (SSSR count). The van der Waals surface area contributed by atoms with E-state index in [0.717, 1.165) is 4.90 Å². The molecular weight excluding hydrogens is 568 g/mol. The van der Waals surface area contributed by atoms with E-state index in [2.05, 4.69) is 10.3 Å². The van der Waals surface area contributed by atoms with Crippen molar-refractivity contribution >= 4 is 52.5 Å². The highest BCUT2D eigenvalue weighted by molar-refractivity contribution is 7.98. The first-order valence-electron chi connectivity index (χ1n) is 13.7. The summed E-state index contributed by atoms with van der Waals surface area (Å²) in [5.74, 6) is -3.24. The number of rotatable bonds is 11. The minimum absolute atomic E-state index is 0.102. The van der Waals surface area contributed by atoms with Gasteiger partial charge in [-0.3, -0.25) is 14.4 Å². The number of nitrogens with one attached hydrogen (secondary N) is 1. The molecule has 2 heterocycles. The van der Waals surface area contributed by atoms with Crippen LogP contribution in [0.15, 0.2) is 29.2 Å². The molecule has 3 N–H and O–H groups in total. The number of hydrogen-bond acceptors (Lipinski definition) is 9. The van der Waals surface area contributed by atoms with Crippen molar-refractivity contribution < 1.29 is 43.7 Å². The molecule has 14 heteroatoms. The fraction of sp³-hybridized carbons (Fsp3) is 0.500. The van der Waals surface area contributed by atoms with Crippen LogP contribution in [0.25, 0.3) is 10.9 Å². The fourth-order valence-electron chi connectivity index (χ4n) is 4.87. The van der Waals surface area contributed by atoms with Gasteiger partial charge in [0, 0.05) is 48.9 Å². The SMILES string of the molecule is CCOC(=O)N1CCN(C(=O)C(CCC(=O)O)NC(=O)c2cc(OC3(C(=O)O)CCC3)c3cc(SC)ccc3n2)CC1. The Labute approximate surface area is 246 Å². The van der Waals surface area contributed by atoms with E-state index in [1.54, 1.807) is 13.0 Å². The smallest absolute Gasteiger partial charge is 0.409 e. The standard InChI is InChI=1S/C28H34N4O9S/c1-3-40-27(39)32-13-11-31(12-14-32)25(36)20(7-8-23(33)34)30-24(35)21-16-22(41-28(26(37)38)9-4-10-28)18-15-17(42-2)5-6-19(18)29-21/h5-6,15-16,20H,3-4,7-14H2,1-2H3,(H,30,35)(H,33,34)(H,37,38). The van der Waals surface area contributed by atoms with Gasteiger partial charge in [-0.2, -0.15) is 0 Å². The number of aliphatic carboxylic acids is 2. The fourth-order valence-corrected chi connectivity index (χ4v) is 5.31. The molecule has 0 bridgehead atoms. The van der Waals surface area contributed by atoms with Crippen LogP contribution < -0.4 is 10.1 Å². The number of carbonyl (C=O) groups is 5. The Morgan fingerprint density at radius 1 is 1.07 bits per heavy atom. The number of piperazine rings is 1. The lowest BCUT2D eigenvalue weighted by molar-refractivity contribution is -0.163. The third-order valence-corrected chi connectivity index (χ3v) is 8.16. The van der Waals surface area contributed by atoms with Crippen LogP contribution in [0.2, 0.25) is 0 Å². The highest BCUT2D eigenvalue weighted by Crippen LogP contribution is 2.40. The van der Waals surface area contributed by atoms with Gasteiger partial charge in [0.2, 0.25) is 11.5 Å². The second-order valence-electron chi connectivity index (χ2n) is 10.1. The molecule has 1 saturated heterocycles. The summed E-state index contributed by atoms with van der Waals surface area (Å²) >= 11 is 1.49. The van der Waals surface area contributed by atoms with Crippen molar-refractivity contribution in [3.05, 3.63) is 30.0 Å². The molecule has 226 valence electrons. The molecule has 0 spiro atoms. The first-order chi connectivity index (χ1) is 20.1. The summed E-state index contributed by atoms with van der Waals surface area (Å²) in [4.78, 5) is 70.6. The van der Waals surface area contributed by atoms with Gasteiger partial charge in [0.05, 0.1) is 12.1 Å². The van der Waals surface area contributed by atoms with Crippen molar-refractivity contribution in [1.29, 1.82) is 0 Å². The van der Waals surface area contributed by atoms with Crippen molar-refractivity contribution in [2.24, 2.45) is 0 Å². The highest BCUT2D eigenvalue weighted by Gasteiger charge is 2.47. The first kappa shape index (κ1) is 30.9. The summed E-state index contributed by atoms with van der Waals surface area (Å²) < 4.78 is 11.1. The minimum Gasteiger partial charge on any atom is -0.481 e. The molecule has 42 heavy (non-hydrogen) atoms. The summed E-state index contributed by atoms with van der Waals surface area (Å²) in [7, 11) is 0. The van der Waals surface area contributed by atoms with E-state index in [-0.39, 0.29) is 57.1 Å². The third-order valence-electron chi connectivity index (χ3n) is 7.43. The van der Waals surface area contributed by atoms with Crippen LogP contribution in [0.1, 0.15) is 49.5 Å². The Hall–Kier alpha value is -4.07. The van der Waals surface area contributed by atoms with Gasteiger partial charge >= 0.3 is 18.0 Å². The van der Waals surface area contributed by atoms with Gasteiger partial charge < -0.3 is 34.8 Å². The van der Waals surface area contributed by atoms with E-state index in [1.165, 1.54) is 27.6 Å². The number of hydrogen-bond donors (Lipinski definition) is 3. The summed E-state index contributed by atoms with van der Waals surface area (Å²) in [5, 5.41) is 22.3. The molecule has 2 aromatic rings. The van der Waals surface area contributed by atoms with Gasteiger partial charge in [-0.15, -0.1) is 11.8 Å². The number of ether oxygens (including phenoxy) is 2.